The van der Waals surface area contributed by atoms with Crippen molar-refractivity contribution in [2.24, 2.45) is 0 Å². The summed E-state index contributed by atoms with van der Waals surface area (Å²) < 4.78 is 5.51. The van der Waals surface area contributed by atoms with Crippen molar-refractivity contribution < 1.29 is 9.53 Å². The van der Waals surface area contributed by atoms with E-state index in [1.54, 1.807) is 0 Å². The first-order chi connectivity index (χ1) is 7.33. The molecule has 1 aromatic rings. The van der Waals surface area contributed by atoms with E-state index in [4.69, 9.17) is 4.74 Å². The molecule has 0 bridgehead atoms. The third-order valence-corrected chi connectivity index (χ3v) is 2.38. The molecule has 0 amide bonds. The summed E-state index contributed by atoms with van der Waals surface area (Å²) in [5, 5.41) is 0. The molecule has 15 heavy (non-hydrogen) atoms. The van der Waals surface area contributed by atoms with Crippen molar-refractivity contribution in [2.75, 3.05) is 6.61 Å². The number of carbonyl (C=O) groups excluding carboxylic acids is 1. The van der Waals surface area contributed by atoms with Gasteiger partial charge in [-0.2, -0.15) is 0 Å². The van der Waals surface area contributed by atoms with E-state index in [1.165, 1.54) is 0 Å². The molecular formula is C13H18O2. The van der Waals surface area contributed by atoms with E-state index in [2.05, 4.69) is 6.92 Å². The largest absolute Gasteiger partial charge is 0.494 e. The summed E-state index contributed by atoms with van der Waals surface area (Å²) in [5.74, 6) is 0.809. The molecule has 0 aromatic heterocycles. The molecule has 0 saturated carbocycles. The van der Waals surface area contributed by atoms with Crippen molar-refractivity contribution in [3.63, 3.8) is 0 Å². The first kappa shape index (κ1) is 11.8. The Morgan fingerprint density at radius 1 is 1.33 bits per heavy atom. The van der Waals surface area contributed by atoms with E-state index >= 15 is 0 Å². The predicted octanol–water partition coefficient (Wildman–Crippen LogP) is 3.17. The Morgan fingerprint density at radius 3 is 2.67 bits per heavy atom. The number of aldehydes is 1. The molecular weight excluding hydrogens is 188 g/mol. The minimum absolute atomic E-state index is 0.0299. The Labute approximate surface area is 91.3 Å². The maximum Gasteiger partial charge on any atom is 0.127 e. The third kappa shape index (κ3) is 3.08. The molecule has 1 rings (SSSR count). The highest BCUT2D eigenvalue weighted by molar-refractivity contribution is 5.64. The van der Waals surface area contributed by atoms with Gasteiger partial charge in [0, 0.05) is 11.5 Å². The van der Waals surface area contributed by atoms with E-state index in [1.807, 2.05) is 31.2 Å². The smallest absolute Gasteiger partial charge is 0.127 e. The number of hydrogen-bond donors (Lipinski definition) is 0. The minimum Gasteiger partial charge on any atom is -0.494 e. The highest BCUT2D eigenvalue weighted by Crippen LogP contribution is 2.28. The van der Waals surface area contributed by atoms with Crippen molar-refractivity contribution in [1.82, 2.24) is 0 Å². The molecule has 82 valence electrons. The van der Waals surface area contributed by atoms with Crippen molar-refractivity contribution in [3.05, 3.63) is 29.8 Å². The number of para-hydroxylation sites is 1. The number of ether oxygens (including phenoxy) is 1. The molecule has 0 radical (unpaired) electrons. The summed E-state index contributed by atoms with van der Waals surface area (Å²) in [5.41, 5.74) is 1.01. The zero-order chi connectivity index (χ0) is 11.1. The Balaban J connectivity index is 2.93. The fourth-order valence-corrected chi connectivity index (χ4v) is 1.68. The van der Waals surface area contributed by atoms with Crippen LogP contribution in [0.25, 0.3) is 0 Å². The molecule has 0 aliphatic heterocycles. The van der Waals surface area contributed by atoms with Gasteiger partial charge in [-0.15, -0.1) is 0 Å². The summed E-state index contributed by atoms with van der Waals surface area (Å²) in [6.07, 6.45) is 2.90. The molecule has 0 heterocycles. The van der Waals surface area contributed by atoms with Crippen LogP contribution in [0.15, 0.2) is 24.3 Å². The molecule has 1 unspecified atom stereocenters. The molecule has 0 spiro atoms. The Bertz CT molecular complexity index is 307. The zero-order valence-corrected chi connectivity index (χ0v) is 9.40. The van der Waals surface area contributed by atoms with E-state index in [0.29, 0.717) is 6.61 Å². The lowest BCUT2D eigenvalue weighted by molar-refractivity contribution is -0.109. The number of hydrogen-bond acceptors (Lipinski definition) is 2. The molecule has 0 N–H and O–H groups in total. The normalized spacial score (nSPS) is 12.1. The Kier molecular flexibility index (Phi) is 4.88. The predicted molar refractivity (Wildman–Crippen MR) is 61.3 cm³/mol. The van der Waals surface area contributed by atoms with E-state index < -0.39 is 0 Å². The first-order valence-electron chi connectivity index (χ1n) is 5.50. The Morgan fingerprint density at radius 2 is 2.07 bits per heavy atom. The standard InChI is InChI=1S/C13H18O2/c1-3-7-11(10-14)12-8-5-6-9-13(12)15-4-2/h5-6,8-11H,3-4,7H2,1-2H3. The van der Waals surface area contributed by atoms with Gasteiger partial charge in [0.05, 0.1) is 6.61 Å². The molecule has 1 aromatic carbocycles. The monoisotopic (exact) mass is 206 g/mol. The maximum atomic E-state index is 11.0. The van der Waals surface area contributed by atoms with Gasteiger partial charge in [0.1, 0.15) is 12.0 Å². The topological polar surface area (TPSA) is 26.3 Å². The lowest BCUT2D eigenvalue weighted by Gasteiger charge is -2.14. The number of carbonyl (C=O) groups is 1. The van der Waals surface area contributed by atoms with E-state index in [0.717, 1.165) is 30.4 Å². The average Bonchev–Trinajstić information content (AvgIpc) is 2.27. The molecule has 1 atom stereocenters. The van der Waals surface area contributed by atoms with Gasteiger partial charge in [0.25, 0.3) is 0 Å². The molecule has 0 aliphatic rings. The van der Waals surface area contributed by atoms with Gasteiger partial charge < -0.3 is 9.53 Å². The van der Waals surface area contributed by atoms with E-state index in [9.17, 15) is 4.79 Å². The van der Waals surface area contributed by atoms with Gasteiger partial charge in [0.2, 0.25) is 0 Å². The van der Waals surface area contributed by atoms with Gasteiger partial charge in [-0.05, 0) is 19.4 Å². The maximum absolute atomic E-state index is 11.0. The van der Waals surface area contributed by atoms with Crippen LogP contribution in [-0.4, -0.2) is 12.9 Å². The highest BCUT2D eigenvalue weighted by atomic mass is 16.5. The van der Waals surface area contributed by atoms with Crippen LogP contribution in [0.5, 0.6) is 5.75 Å². The summed E-state index contributed by atoms with van der Waals surface area (Å²) in [6, 6.07) is 7.77. The van der Waals surface area contributed by atoms with Gasteiger partial charge in [-0.1, -0.05) is 31.5 Å². The molecule has 2 heteroatoms. The molecule has 0 saturated heterocycles. The van der Waals surface area contributed by atoms with Crippen LogP contribution >= 0.6 is 0 Å². The van der Waals surface area contributed by atoms with Gasteiger partial charge >= 0.3 is 0 Å². The average molecular weight is 206 g/mol. The van der Waals surface area contributed by atoms with Crippen LogP contribution in [-0.2, 0) is 4.79 Å². The second-order valence-electron chi connectivity index (χ2n) is 3.50. The third-order valence-electron chi connectivity index (χ3n) is 2.38. The van der Waals surface area contributed by atoms with Crippen LogP contribution in [0.3, 0.4) is 0 Å². The summed E-state index contributed by atoms with van der Waals surface area (Å²) in [6.45, 7) is 4.67. The molecule has 0 fully saturated rings. The van der Waals surface area contributed by atoms with Crippen LogP contribution in [0.2, 0.25) is 0 Å². The fourth-order valence-electron chi connectivity index (χ4n) is 1.68. The summed E-state index contributed by atoms with van der Waals surface area (Å²) in [4.78, 5) is 11.0. The SMILES string of the molecule is CCCC(C=O)c1ccccc1OCC. The fraction of sp³-hybridized carbons (Fsp3) is 0.462. The second kappa shape index (κ2) is 6.23. The first-order valence-corrected chi connectivity index (χ1v) is 5.50. The second-order valence-corrected chi connectivity index (χ2v) is 3.50. The number of benzene rings is 1. The van der Waals surface area contributed by atoms with Crippen LogP contribution in [0.1, 0.15) is 38.2 Å². The lowest BCUT2D eigenvalue weighted by Crippen LogP contribution is -2.04. The van der Waals surface area contributed by atoms with Crippen LogP contribution in [0, 0.1) is 0 Å². The summed E-state index contributed by atoms with van der Waals surface area (Å²) in [7, 11) is 0. The van der Waals surface area contributed by atoms with Gasteiger partial charge in [0.15, 0.2) is 0 Å². The van der Waals surface area contributed by atoms with Crippen molar-refractivity contribution in [3.8, 4) is 5.75 Å². The van der Waals surface area contributed by atoms with Crippen molar-refractivity contribution in [1.29, 1.82) is 0 Å². The Hall–Kier alpha value is -1.31. The quantitative estimate of drug-likeness (QED) is 0.668. The summed E-state index contributed by atoms with van der Waals surface area (Å²) >= 11 is 0. The highest BCUT2D eigenvalue weighted by Gasteiger charge is 2.13. The van der Waals surface area contributed by atoms with Gasteiger partial charge in [-0.3, -0.25) is 0 Å². The van der Waals surface area contributed by atoms with Crippen molar-refractivity contribution in [2.45, 2.75) is 32.6 Å². The molecule has 0 aliphatic carbocycles. The van der Waals surface area contributed by atoms with Gasteiger partial charge in [-0.25, -0.2) is 0 Å². The molecule has 2 nitrogen and oxygen atoms in total. The minimum atomic E-state index is -0.0299. The zero-order valence-electron chi connectivity index (χ0n) is 9.40. The van der Waals surface area contributed by atoms with Crippen molar-refractivity contribution >= 4 is 6.29 Å². The van der Waals surface area contributed by atoms with Crippen LogP contribution in [0.4, 0.5) is 0 Å². The number of rotatable bonds is 6. The van der Waals surface area contributed by atoms with E-state index in [-0.39, 0.29) is 5.92 Å². The van der Waals surface area contributed by atoms with Crippen LogP contribution < -0.4 is 4.74 Å². The lowest BCUT2D eigenvalue weighted by atomic mass is 9.95.